The highest BCUT2D eigenvalue weighted by atomic mass is 79.9. The molecule has 0 spiro atoms. The average molecular weight is 300 g/mol. The van der Waals surface area contributed by atoms with E-state index >= 15 is 0 Å². The summed E-state index contributed by atoms with van der Waals surface area (Å²) in [5.41, 5.74) is 6.36. The van der Waals surface area contributed by atoms with Gasteiger partial charge in [0.25, 0.3) is 0 Å². The number of amides is 1. The number of aromatic nitrogens is 1. The molecule has 0 bridgehead atoms. The van der Waals surface area contributed by atoms with Gasteiger partial charge in [-0.2, -0.15) is 0 Å². The summed E-state index contributed by atoms with van der Waals surface area (Å²) < 4.78 is 0.937. The molecule has 0 aliphatic carbocycles. The van der Waals surface area contributed by atoms with Crippen molar-refractivity contribution in [1.29, 1.82) is 0 Å². The Labute approximate surface area is 110 Å². The van der Waals surface area contributed by atoms with Crippen LogP contribution >= 0.6 is 15.9 Å². The first kappa shape index (κ1) is 14.1. The van der Waals surface area contributed by atoms with Crippen molar-refractivity contribution in [2.24, 2.45) is 11.7 Å². The Bertz CT molecular complexity index is 395. The predicted octanol–water partition coefficient (Wildman–Crippen LogP) is 2.47. The number of pyridine rings is 1. The molecule has 0 saturated carbocycles. The Kier molecular flexibility index (Phi) is 5.58. The molecule has 1 aromatic heterocycles. The van der Waals surface area contributed by atoms with Crippen molar-refractivity contribution in [3.63, 3.8) is 0 Å². The summed E-state index contributed by atoms with van der Waals surface area (Å²) in [6, 6.07) is 3.65. The predicted molar refractivity (Wildman–Crippen MR) is 72.8 cm³/mol. The van der Waals surface area contributed by atoms with Crippen molar-refractivity contribution < 1.29 is 4.79 Å². The average Bonchev–Trinajstić information content (AvgIpc) is 2.31. The fourth-order valence-electron chi connectivity index (χ4n) is 1.31. The van der Waals surface area contributed by atoms with Crippen LogP contribution in [0.25, 0.3) is 0 Å². The van der Waals surface area contributed by atoms with Crippen LogP contribution in [0.3, 0.4) is 0 Å². The van der Waals surface area contributed by atoms with E-state index in [9.17, 15) is 4.79 Å². The number of nitrogens with one attached hydrogen (secondary N) is 1. The van der Waals surface area contributed by atoms with Crippen LogP contribution in [0.15, 0.2) is 16.6 Å². The summed E-state index contributed by atoms with van der Waals surface area (Å²) in [7, 11) is 0. The van der Waals surface area contributed by atoms with E-state index < -0.39 is 0 Å². The van der Waals surface area contributed by atoms with Gasteiger partial charge in [-0.05, 0) is 53.9 Å². The van der Waals surface area contributed by atoms with E-state index in [-0.39, 0.29) is 5.91 Å². The van der Waals surface area contributed by atoms with E-state index in [0.717, 1.165) is 16.6 Å². The number of nitrogens with two attached hydrogens (primary N) is 1. The fourth-order valence-corrected chi connectivity index (χ4v) is 1.54. The number of aryl methyl sites for hydroxylation is 1. The summed E-state index contributed by atoms with van der Waals surface area (Å²) in [4.78, 5) is 15.9. The molecule has 0 aliphatic rings. The lowest BCUT2D eigenvalue weighted by atomic mass is 10.1. The summed E-state index contributed by atoms with van der Waals surface area (Å²) in [6.45, 7) is 4.54. The quantitative estimate of drug-likeness (QED) is 0.877. The van der Waals surface area contributed by atoms with E-state index in [1.54, 1.807) is 6.07 Å². The van der Waals surface area contributed by atoms with Crippen molar-refractivity contribution in [3.05, 3.63) is 22.3 Å². The molecule has 17 heavy (non-hydrogen) atoms. The molecular formula is C12H18BrN3O. The van der Waals surface area contributed by atoms with Gasteiger partial charge in [-0.25, -0.2) is 4.98 Å². The fraction of sp³-hybridized carbons (Fsp3) is 0.500. The van der Waals surface area contributed by atoms with Gasteiger partial charge in [-0.1, -0.05) is 6.92 Å². The monoisotopic (exact) mass is 299 g/mol. The minimum absolute atomic E-state index is 0.0143. The molecule has 94 valence electrons. The third kappa shape index (κ3) is 4.83. The number of halogens is 1. The van der Waals surface area contributed by atoms with Gasteiger partial charge in [-0.15, -0.1) is 0 Å². The first-order valence-electron chi connectivity index (χ1n) is 5.66. The zero-order valence-corrected chi connectivity index (χ0v) is 11.8. The molecule has 1 rings (SSSR count). The minimum Gasteiger partial charge on any atom is -0.330 e. The number of carbonyl (C=O) groups is 1. The van der Waals surface area contributed by atoms with Crippen LogP contribution < -0.4 is 11.1 Å². The van der Waals surface area contributed by atoms with Crippen molar-refractivity contribution >= 4 is 27.7 Å². The Balaban J connectivity index is 2.48. The van der Waals surface area contributed by atoms with Gasteiger partial charge < -0.3 is 11.1 Å². The van der Waals surface area contributed by atoms with Crippen LogP contribution in [0.2, 0.25) is 0 Å². The third-order valence-corrected chi connectivity index (χ3v) is 3.39. The number of hydrogen-bond acceptors (Lipinski definition) is 3. The molecule has 1 atom stereocenters. The highest BCUT2D eigenvalue weighted by Crippen LogP contribution is 2.16. The zero-order chi connectivity index (χ0) is 12.8. The van der Waals surface area contributed by atoms with Crippen molar-refractivity contribution in [2.45, 2.75) is 26.7 Å². The van der Waals surface area contributed by atoms with Gasteiger partial charge in [0.1, 0.15) is 5.82 Å². The number of nitrogens with zero attached hydrogens (tertiary/aromatic N) is 1. The summed E-state index contributed by atoms with van der Waals surface area (Å²) in [5.74, 6) is 0.955. The van der Waals surface area contributed by atoms with Crippen LogP contribution in [0.1, 0.15) is 25.5 Å². The third-order valence-electron chi connectivity index (χ3n) is 2.56. The van der Waals surface area contributed by atoms with Gasteiger partial charge in [0.05, 0.1) is 5.69 Å². The SMILES string of the molecule is Cc1nc(NC(=O)CCC(C)CN)ccc1Br. The van der Waals surface area contributed by atoms with Crippen LogP contribution in [-0.2, 0) is 4.79 Å². The first-order valence-corrected chi connectivity index (χ1v) is 6.45. The van der Waals surface area contributed by atoms with E-state index in [4.69, 9.17) is 5.73 Å². The molecule has 0 fully saturated rings. The standard InChI is InChI=1S/C12H18BrN3O/c1-8(7-14)3-6-12(17)16-11-5-4-10(13)9(2)15-11/h4-5,8H,3,6-7,14H2,1-2H3,(H,15,16,17). The van der Waals surface area contributed by atoms with Crippen LogP contribution in [0, 0.1) is 12.8 Å². The van der Waals surface area contributed by atoms with Gasteiger partial charge in [0, 0.05) is 10.9 Å². The maximum Gasteiger partial charge on any atom is 0.225 e. The highest BCUT2D eigenvalue weighted by molar-refractivity contribution is 9.10. The second-order valence-electron chi connectivity index (χ2n) is 4.19. The second-order valence-corrected chi connectivity index (χ2v) is 5.05. The number of carbonyl (C=O) groups excluding carboxylic acids is 1. The highest BCUT2D eigenvalue weighted by Gasteiger charge is 2.07. The summed E-state index contributed by atoms with van der Waals surface area (Å²) in [6.07, 6.45) is 1.28. The van der Waals surface area contributed by atoms with E-state index in [0.29, 0.717) is 24.7 Å². The molecule has 0 aliphatic heterocycles. The lowest BCUT2D eigenvalue weighted by Crippen LogP contribution is -2.17. The van der Waals surface area contributed by atoms with E-state index in [1.807, 2.05) is 19.9 Å². The first-order chi connectivity index (χ1) is 8.02. The molecular weight excluding hydrogens is 282 g/mol. The summed E-state index contributed by atoms with van der Waals surface area (Å²) in [5, 5.41) is 2.78. The van der Waals surface area contributed by atoms with E-state index in [2.05, 4.69) is 26.2 Å². The number of anilines is 1. The number of rotatable bonds is 5. The van der Waals surface area contributed by atoms with Crippen LogP contribution in [0.4, 0.5) is 5.82 Å². The maximum absolute atomic E-state index is 11.6. The lowest BCUT2D eigenvalue weighted by Gasteiger charge is -2.09. The van der Waals surface area contributed by atoms with Crippen molar-refractivity contribution in [3.8, 4) is 0 Å². The topological polar surface area (TPSA) is 68.0 Å². The van der Waals surface area contributed by atoms with Gasteiger partial charge >= 0.3 is 0 Å². The smallest absolute Gasteiger partial charge is 0.225 e. The molecule has 0 aromatic carbocycles. The molecule has 3 N–H and O–H groups in total. The van der Waals surface area contributed by atoms with Crippen molar-refractivity contribution in [1.82, 2.24) is 4.98 Å². The molecule has 1 amide bonds. The Hall–Kier alpha value is -0.940. The van der Waals surface area contributed by atoms with Crippen LogP contribution in [0.5, 0.6) is 0 Å². The maximum atomic E-state index is 11.6. The molecule has 1 aromatic rings. The Morgan fingerprint density at radius 2 is 2.29 bits per heavy atom. The second kappa shape index (κ2) is 6.71. The Morgan fingerprint density at radius 1 is 1.59 bits per heavy atom. The number of hydrogen-bond donors (Lipinski definition) is 2. The van der Waals surface area contributed by atoms with Crippen LogP contribution in [-0.4, -0.2) is 17.4 Å². The zero-order valence-electron chi connectivity index (χ0n) is 10.2. The van der Waals surface area contributed by atoms with E-state index in [1.165, 1.54) is 0 Å². The molecule has 0 saturated heterocycles. The lowest BCUT2D eigenvalue weighted by molar-refractivity contribution is -0.116. The van der Waals surface area contributed by atoms with Gasteiger partial charge in [-0.3, -0.25) is 4.79 Å². The normalized spacial score (nSPS) is 12.2. The Morgan fingerprint density at radius 3 is 2.88 bits per heavy atom. The van der Waals surface area contributed by atoms with Gasteiger partial charge in [0.15, 0.2) is 0 Å². The molecule has 0 radical (unpaired) electrons. The molecule has 1 unspecified atom stereocenters. The minimum atomic E-state index is -0.0143. The molecule has 5 heteroatoms. The summed E-state index contributed by atoms with van der Waals surface area (Å²) >= 11 is 3.37. The largest absolute Gasteiger partial charge is 0.330 e. The molecule has 1 heterocycles. The molecule has 4 nitrogen and oxygen atoms in total. The van der Waals surface area contributed by atoms with Crippen molar-refractivity contribution in [2.75, 3.05) is 11.9 Å². The van der Waals surface area contributed by atoms with Gasteiger partial charge in [0.2, 0.25) is 5.91 Å².